The minimum absolute atomic E-state index is 0.0933. The van der Waals surface area contributed by atoms with Crippen LogP contribution in [0, 0.1) is 5.92 Å². The van der Waals surface area contributed by atoms with Gasteiger partial charge in [-0.1, -0.05) is 0 Å². The number of ether oxygens (including phenoxy) is 1. The number of rotatable bonds is 5. The van der Waals surface area contributed by atoms with Crippen molar-refractivity contribution in [1.82, 2.24) is 10.3 Å². The van der Waals surface area contributed by atoms with Crippen molar-refractivity contribution >= 4 is 15.9 Å². The first-order valence-electron chi connectivity index (χ1n) is 6.46. The van der Waals surface area contributed by atoms with Crippen molar-refractivity contribution in [2.24, 2.45) is 5.92 Å². The summed E-state index contributed by atoms with van der Waals surface area (Å²) < 4.78 is 6.80. The number of halogens is 1. The van der Waals surface area contributed by atoms with E-state index in [0.717, 1.165) is 35.0 Å². The second-order valence-corrected chi connectivity index (χ2v) is 6.89. The van der Waals surface area contributed by atoms with Gasteiger partial charge in [0.2, 0.25) is 5.88 Å². The fraction of sp³-hybridized carbons (Fsp3) is 0.643. The lowest BCUT2D eigenvalue weighted by Crippen LogP contribution is -2.35. The van der Waals surface area contributed by atoms with Crippen molar-refractivity contribution in [3.8, 4) is 5.88 Å². The Hall–Kier alpha value is -0.610. The molecule has 1 fully saturated rings. The summed E-state index contributed by atoms with van der Waals surface area (Å²) in [5, 5.41) is 3.47. The topological polar surface area (TPSA) is 34.2 Å². The molecule has 1 aromatic heterocycles. The number of pyridine rings is 1. The van der Waals surface area contributed by atoms with Gasteiger partial charge in [-0.15, -0.1) is 0 Å². The fourth-order valence-electron chi connectivity index (χ4n) is 1.57. The van der Waals surface area contributed by atoms with Gasteiger partial charge in [0.05, 0.1) is 6.61 Å². The van der Waals surface area contributed by atoms with Crippen molar-refractivity contribution < 1.29 is 4.74 Å². The van der Waals surface area contributed by atoms with Crippen LogP contribution >= 0.6 is 15.9 Å². The fourth-order valence-corrected chi connectivity index (χ4v) is 1.95. The van der Waals surface area contributed by atoms with Gasteiger partial charge >= 0.3 is 0 Å². The highest BCUT2D eigenvalue weighted by Gasteiger charge is 2.23. The second kappa shape index (κ2) is 5.57. The van der Waals surface area contributed by atoms with E-state index in [9.17, 15) is 0 Å². The highest BCUT2D eigenvalue weighted by atomic mass is 79.9. The monoisotopic (exact) mass is 312 g/mol. The van der Waals surface area contributed by atoms with Gasteiger partial charge in [-0.2, -0.15) is 0 Å². The Morgan fingerprint density at radius 3 is 2.78 bits per heavy atom. The average molecular weight is 313 g/mol. The molecule has 4 heteroatoms. The molecule has 1 saturated carbocycles. The van der Waals surface area contributed by atoms with Crippen molar-refractivity contribution in [3.05, 3.63) is 22.3 Å². The summed E-state index contributed by atoms with van der Waals surface area (Å²) in [6, 6.07) is 2.08. The third kappa shape index (κ3) is 4.58. The highest BCUT2D eigenvalue weighted by molar-refractivity contribution is 9.10. The smallest absolute Gasteiger partial charge is 0.217 e. The maximum absolute atomic E-state index is 5.81. The SMILES string of the molecule is CC(C)(C)NCc1cc(Br)cnc1OCC1CC1. The Morgan fingerprint density at radius 2 is 2.17 bits per heavy atom. The van der Waals surface area contributed by atoms with Gasteiger partial charge < -0.3 is 10.1 Å². The van der Waals surface area contributed by atoms with Gasteiger partial charge in [-0.3, -0.25) is 0 Å². The zero-order valence-electron chi connectivity index (χ0n) is 11.3. The molecule has 1 heterocycles. The first-order chi connectivity index (χ1) is 8.44. The maximum Gasteiger partial charge on any atom is 0.217 e. The molecular weight excluding hydrogens is 292 g/mol. The predicted octanol–water partition coefficient (Wildman–Crippen LogP) is 3.52. The molecule has 1 aliphatic rings. The Labute approximate surface area is 117 Å². The van der Waals surface area contributed by atoms with Crippen molar-refractivity contribution in [2.45, 2.75) is 45.7 Å². The highest BCUT2D eigenvalue weighted by Crippen LogP contribution is 2.30. The molecule has 0 aromatic carbocycles. The van der Waals surface area contributed by atoms with E-state index in [1.165, 1.54) is 12.8 Å². The minimum Gasteiger partial charge on any atom is -0.477 e. The molecular formula is C14H21BrN2O. The maximum atomic E-state index is 5.81. The van der Waals surface area contributed by atoms with Crippen molar-refractivity contribution in [2.75, 3.05) is 6.61 Å². The van der Waals surface area contributed by atoms with E-state index in [-0.39, 0.29) is 5.54 Å². The summed E-state index contributed by atoms with van der Waals surface area (Å²) in [6.07, 6.45) is 4.39. The molecule has 1 aromatic rings. The summed E-state index contributed by atoms with van der Waals surface area (Å²) in [5.41, 5.74) is 1.20. The molecule has 0 saturated heterocycles. The average Bonchev–Trinajstić information content (AvgIpc) is 3.08. The van der Waals surface area contributed by atoms with Crippen LogP contribution in [0.5, 0.6) is 5.88 Å². The van der Waals surface area contributed by atoms with Crippen molar-refractivity contribution in [1.29, 1.82) is 0 Å². The standard InChI is InChI=1S/C14H21BrN2O/c1-14(2,3)17-7-11-6-12(15)8-16-13(11)18-9-10-4-5-10/h6,8,10,17H,4-5,7,9H2,1-3H3. The Bertz CT molecular complexity index is 411. The van der Waals surface area contributed by atoms with Gasteiger partial charge in [0, 0.05) is 28.3 Å². The van der Waals surface area contributed by atoms with Crippen LogP contribution in [0.3, 0.4) is 0 Å². The minimum atomic E-state index is 0.0933. The lowest BCUT2D eigenvalue weighted by Gasteiger charge is -2.21. The van der Waals surface area contributed by atoms with Gasteiger partial charge in [-0.25, -0.2) is 4.98 Å². The van der Waals surface area contributed by atoms with Crippen LogP contribution in [0.2, 0.25) is 0 Å². The van der Waals surface area contributed by atoms with Crippen LogP contribution in [0.1, 0.15) is 39.2 Å². The molecule has 0 aliphatic heterocycles. The quantitative estimate of drug-likeness (QED) is 0.903. The molecule has 0 bridgehead atoms. The number of nitrogens with one attached hydrogen (secondary N) is 1. The predicted molar refractivity (Wildman–Crippen MR) is 76.7 cm³/mol. The number of hydrogen-bond donors (Lipinski definition) is 1. The van der Waals surface area contributed by atoms with Crippen LogP contribution in [0.25, 0.3) is 0 Å². The van der Waals surface area contributed by atoms with E-state index in [4.69, 9.17) is 4.74 Å². The summed E-state index contributed by atoms with van der Waals surface area (Å²) in [4.78, 5) is 4.37. The molecule has 0 atom stereocenters. The second-order valence-electron chi connectivity index (χ2n) is 5.98. The molecule has 3 nitrogen and oxygen atoms in total. The first kappa shape index (κ1) is 13.8. The molecule has 1 N–H and O–H groups in total. The molecule has 100 valence electrons. The molecule has 0 unspecified atom stereocenters. The van der Waals surface area contributed by atoms with Gasteiger partial charge in [0.25, 0.3) is 0 Å². The first-order valence-corrected chi connectivity index (χ1v) is 7.25. The van der Waals surface area contributed by atoms with Crippen LogP contribution in [-0.4, -0.2) is 17.1 Å². The van der Waals surface area contributed by atoms with Crippen LogP contribution in [-0.2, 0) is 6.54 Å². The Balaban J connectivity index is 2.02. The Kier molecular flexibility index (Phi) is 4.28. The van der Waals surface area contributed by atoms with Gasteiger partial charge in [0.15, 0.2) is 0 Å². The molecule has 0 radical (unpaired) electrons. The molecule has 0 amide bonds. The van der Waals surface area contributed by atoms with Crippen LogP contribution in [0.4, 0.5) is 0 Å². The number of hydrogen-bond acceptors (Lipinski definition) is 3. The van der Waals surface area contributed by atoms with E-state index < -0.39 is 0 Å². The molecule has 0 spiro atoms. The summed E-state index contributed by atoms with van der Waals surface area (Å²) in [6.45, 7) is 8.04. The van der Waals surface area contributed by atoms with E-state index in [1.54, 1.807) is 6.20 Å². The van der Waals surface area contributed by atoms with Gasteiger partial charge in [-0.05, 0) is 61.5 Å². The summed E-state index contributed by atoms with van der Waals surface area (Å²) >= 11 is 3.46. The van der Waals surface area contributed by atoms with Crippen LogP contribution < -0.4 is 10.1 Å². The van der Waals surface area contributed by atoms with E-state index >= 15 is 0 Å². The zero-order chi connectivity index (χ0) is 13.2. The number of aromatic nitrogens is 1. The largest absolute Gasteiger partial charge is 0.477 e. The van der Waals surface area contributed by atoms with Crippen molar-refractivity contribution in [3.63, 3.8) is 0 Å². The molecule has 1 aliphatic carbocycles. The number of nitrogens with zero attached hydrogens (tertiary/aromatic N) is 1. The Morgan fingerprint density at radius 1 is 1.44 bits per heavy atom. The van der Waals surface area contributed by atoms with Crippen LogP contribution in [0.15, 0.2) is 16.7 Å². The summed E-state index contributed by atoms with van der Waals surface area (Å²) in [5.74, 6) is 1.51. The molecule has 18 heavy (non-hydrogen) atoms. The molecule has 2 rings (SSSR count). The lowest BCUT2D eigenvalue weighted by molar-refractivity contribution is 0.283. The van der Waals surface area contributed by atoms with E-state index in [1.807, 2.05) is 0 Å². The third-order valence-electron chi connectivity index (χ3n) is 2.85. The third-order valence-corrected chi connectivity index (χ3v) is 3.29. The van der Waals surface area contributed by atoms with E-state index in [0.29, 0.717) is 0 Å². The van der Waals surface area contributed by atoms with Gasteiger partial charge in [0.1, 0.15) is 0 Å². The zero-order valence-corrected chi connectivity index (χ0v) is 12.9. The lowest BCUT2D eigenvalue weighted by atomic mass is 10.1. The van der Waals surface area contributed by atoms with E-state index in [2.05, 4.69) is 53.1 Å². The summed E-state index contributed by atoms with van der Waals surface area (Å²) in [7, 11) is 0. The normalized spacial score (nSPS) is 15.8.